The average molecular weight is 330 g/mol. The number of aryl methyl sites for hydroxylation is 1. The number of nitrogens with one attached hydrogen (secondary N) is 2. The lowest BCUT2D eigenvalue weighted by Gasteiger charge is -2.05. The van der Waals surface area contributed by atoms with Gasteiger partial charge in [0.25, 0.3) is 0 Å². The minimum Gasteiger partial charge on any atom is -0.383 e. The van der Waals surface area contributed by atoms with E-state index in [2.05, 4.69) is 15.6 Å². The van der Waals surface area contributed by atoms with E-state index >= 15 is 0 Å². The van der Waals surface area contributed by atoms with E-state index in [0.29, 0.717) is 26.2 Å². The van der Waals surface area contributed by atoms with Gasteiger partial charge in [0.15, 0.2) is 0 Å². The summed E-state index contributed by atoms with van der Waals surface area (Å²) in [7, 11) is 1.64. The molecule has 0 aromatic carbocycles. The number of rotatable bonds is 8. The molecule has 0 spiro atoms. The van der Waals surface area contributed by atoms with E-state index in [1.807, 2.05) is 12.3 Å². The number of hydrogen-bond donors (Lipinski definition) is 2. The molecule has 0 aliphatic carbocycles. The molecule has 0 saturated heterocycles. The van der Waals surface area contributed by atoms with E-state index < -0.39 is 0 Å². The van der Waals surface area contributed by atoms with E-state index in [-0.39, 0.29) is 30.7 Å². The third-order valence-corrected chi connectivity index (χ3v) is 2.96. The highest BCUT2D eigenvalue weighted by molar-refractivity contribution is 7.09. The predicted octanol–water partition coefficient (Wildman–Crippen LogP) is 1.19. The zero-order valence-corrected chi connectivity index (χ0v) is 13.6. The van der Waals surface area contributed by atoms with E-state index in [0.717, 1.165) is 17.1 Å². The SMILES string of the molecule is COCCNCC(=O)NCCc1csc(C)n1.Cl.Cl. The molecule has 112 valence electrons. The quantitative estimate of drug-likeness (QED) is 0.703. The average Bonchev–Trinajstić information content (AvgIpc) is 2.71. The van der Waals surface area contributed by atoms with Gasteiger partial charge in [-0.3, -0.25) is 4.79 Å². The van der Waals surface area contributed by atoms with Gasteiger partial charge in [-0.05, 0) is 6.92 Å². The topological polar surface area (TPSA) is 63.2 Å². The predicted molar refractivity (Wildman–Crippen MR) is 82.8 cm³/mol. The lowest BCUT2D eigenvalue weighted by molar-refractivity contribution is -0.120. The molecule has 8 heteroatoms. The number of halogens is 2. The highest BCUT2D eigenvalue weighted by Crippen LogP contribution is 2.07. The molecule has 1 amide bonds. The zero-order chi connectivity index (χ0) is 12.5. The van der Waals surface area contributed by atoms with Crippen LogP contribution in [0, 0.1) is 6.92 Å². The molecule has 1 heterocycles. The summed E-state index contributed by atoms with van der Waals surface area (Å²) in [4.78, 5) is 15.7. The Morgan fingerprint density at radius 3 is 2.74 bits per heavy atom. The maximum absolute atomic E-state index is 11.4. The molecule has 2 N–H and O–H groups in total. The van der Waals surface area contributed by atoms with Crippen molar-refractivity contribution in [3.63, 3.8) is 0 Å². The molecular weight excluding hydrogens is 309 g/mol. The van der Waals surface area contributed by atoms with Crippen molar-refractivity contribution in [3.05, 3.63) is 16.1 Å². The van der Waals surface area contributed by atoms with Crippen LogP contribution < -0.4 is 10.6 Å². The van der Waals surface area contributed by atoms with Crippen LogP contribution >= 0.6 is 36.2 Å². The van der Waals surface area contributed by atoms with Gasteiger partial charge in [-0.1, -0.05) is 0 Å². The van der Waals surface area contributed by atoms with E-state index in [1.165, 1.54) is 0 Å². The van der Waals surface area contributed by atoms with Gasteiger partial charge in [-0.25, -0.2) is 4.98 Å². The molecule has 0 aliphatic heterocycles. The minimum atomic E-state index is 0. The molecule has 0 radical (unpaired) electrons. The van der Waals surface area contributed by atoms with Crippen molar-refractivity contribution < 1.29 is 9.53 Å². The molecule has 0 unspecified atom stereocenters. The van der Waals surface area contributed by atoms with Crippen molar-refractivity contribution >= 4 is 42.1 Å². The number of carbonyl (C=O) groups excluding carboxylic acids is 1. The van der Waals surface area contributed by atoms with Crippen LogP contribution in [0.3, 0.4) is 0 Å². The van der Waals surface area contributed by atoms with Crippen LogP contribution in [0.1, 0.15) is 10.7 Å². The van der Waals surface area contributed by atoms with Crippen molar-refractivity contribution in [3.8, 4) is 0 Å². The fourth-order valence-electron chi connectivity index (χ4n) is 1.29. The second kappa shape index (κ2) is 12.6. The summed E-state index contributed by atoms with van der Waals surface area (Å²) in [5, 5.41) is 8.92. The number of ether oxygens (including phenoxy) is 1. The first-order valence-electron chi connectivity index (χ1n) is 5.59. The Labute approximate surface area is 130 Å². The maximum Gasteiger partial charge on any atom is 0.233 e. The van der Waals surface area contributed by atoms with Gasteiger partial charge in [0, 0.05) is 32.0 Å². The number of amides is 1. The minimum absolute atomic E-state index is 0. The normalized spacial score (nSPS) is 9.37. The van der Waals surface area contributed by atoms with Gasteiger partial charge in [0.05, 0.1) is 23.9 Å². The molecule has 1 aromatic heterocycles. The molecule has 0 saturated carbocycles. The molecule has 1 aromatic rings. The molecule has 5 nitrogen and oxygen atoms in total. The van der Waals surface area contributed by atoms with Gasteiger partial charge >= 0.3 is 0 Å². The third kappa shape index (κ3) is 10.1. The number of hydrogen-bond acceptors (Lipinski definition) is 5. The van der Waals surface area contributed by atoms with Crippen LogP contribution in [-0.4, -0.2) is 44.2 Å². The van der Waals surface area contributed by atoms with Gasteiger partial charge in [-0.15, -0.1) is 36.2 Å². The standard InChI is InChI=1S/C11H19N3O2S.2ClH/c1-9-14-10(8-17-9)3-4-13-11(15)7-12-5-6-16-2;;/h8,12H,3-7H2,1-2H3,(H,13,15);2*1H. The first kappa shape index (κ1) is 20.9. The van der Waals surface area contributed by atoms with Crippen LogP contribution in [0.4, 0.5) is 0 Å². The number of aromatic nitrogens is 1. The number of methoxy groups -OCH3 is 1. The lowest BCUT2D eigenvalue weighted by atomic mass is 10.3. The van der Waals surface area contributed by atoms with Crippen molar-refractivity contribution in [2.24, 2.45) is 0 Å². The van der Waals surface area contributed by atoms with E-state index in [9.17, 15) is 4.79 Å². The molecule has 0 fully saturated rings. The van der Waals surface area contributed by atoms with Crippen LogP contribution in [0.5, 0.6) is 0 Å². The van der Waals surface area contributed by atoms with Crippen LogP contribution in [0.15, 0.2) is 5.38 Å². The molecular formula is C11H21Cl2N3O2S. The first-order valence-corrected chi connectivity index (χ1v) is 6.47. The third-order valence-electron chi connectivity index (χ3n) is 2.14. The maximum atomic E-state index is 11.4. The second-order valence-electron chi connectivity index (χ2n) is 3.63. The fourth-order valence-corrected chi connectivity index (χ4v) is 1.94. The Morgan fingerprint density at radius 1 is 1.42 bits per heavy atom. The van der Waals surface area contributed by atoms with Crippen molar-refractivity contribution in [2.45, 2.75) is 13.3 Å². The van der Waals surface area contributed by atoms with Crippen molar-refractivity contribution in [1.29, 1.82) is 0 Å². The summed E-state index contributed by atoms with van der Waals surface area (Å²) in [6.07, 6.45) is 0.786. The summed E-state index contributed by atoms with van der Waals surface area (Å²) in [5.41, 5.74) is 1.04. The molecule has 0 atom stereocenters. The van der Waals surface area contributed by atoms with Crippen LogP contribution in [0.25, 0.3) is 0 Å². The number of nitrogens with zero attached hydrogens (tertiary/aromatic N) is 1. The van der Waals surface area contributed by atoms with Crippen molar-refractivity contribution in [1.82, 2.24) is 15.6 Å². The number of carbonyl (C=O) groups is 1. The lowest BCUT2D eigenvalue weighted by Crippen LogP contribution is -2.36. The summed E-state index contributed by atoms with van der Waals surface area (Å²) in [6.45, 7) is 4.25. The Kier molecular flexibility index (Phi) is 13.9. The molecule has 0 aliphatic rings. The largest absolute Gasteiger partial charge is 0.383 e. The highest BCUT2D eigenvalue weighted by Gasteiger charge is 2.01. The summed E-state index contributed by atoms with van der Waals surface area (Å²) < 4.78 is 4.86. The number of thiazole rings is 1. The van der Waals surface area contributed by atoms with E-state index in [4.69, 9.17) is 4.74 Å². The van der Waals surface area contributed by atoms with Crippen LogP contribution in [-0.2, 0) is 16.0 Å². The zero-order valence-electron chi connectivity index (χ0n) is 11.1. The molecule has 1 rings (SSSR count). The Hall–Kier alpha value is -0.400. The second-order valence-corrected chi connectivity index (χ2v) is 4.69. The Balaban J connectivity index is 0. The van der Waals surface area contributed by atoms with Gasteiger partial charge < -0.3 is 15.4 Å². The summed E-state index contributed by atoms with van der Waals surface area (Å²) in [5.74, 6) is 0.00746. The van der Waals surface area contributed by atoms with Gasteiger partial charge in [-0.2, -0.15) is 0 Å². The Bertz CT molecular complexity index is 350. The monoisotopic (exact) mass is 329 g/mol. The first-order chi connectivity index (χ1) is 8.22. The molecule has 19 heavy (non-hydrogen) atoms. The van der Waals surface area contributed by atoms with Crippen molar-refractivity contribution in [2.75, 3.05) is 33.4 Å². The summed E-state index contributed by atoms with van der Waals surface area (Å²) >= 11 is 1.63. The molecule has 0 bridgehead atoms. The van der Waals surface area contributed by atoms with Gasteiger partial charge in [0.2, 0.25) is 5.91 Å². The fraction of sp³-hybridized carbons (Fsp3) is 0.636. The highest BCUT2D eigenvalue weighted by atomic mass is 35.5. The van der Waals surface area contributed by atoms with Gasteiger partial charge in [0.1, 0.15) is 0 Å². The van der Waals surface area contributed by atoms with E-state index in [1.54, 1.807) is 18.4 Å². The van der Waals surface area contributed by atoms with Crippen LogP contribution in [0.2, 0.25) is 0 Å². The summed E-state index contributed by atoms with van der Waals surface area (Å²) in [6, 6.07) is 0. The Morgan fingerprint density at radius 2 is 2.16 bits per heavy atom. The smallest absolute Gasteiger partial charge is 0.233 e.